The number of anilines is 1. The SMILES string of the molecule is Cc1ccc(S(=O)(=O)NC(=O)Nc2ccc(C(=O)OCCCCOc3ccc(S(=O)(=O)c4ccc(OC(C)C)cc4)cc3)cc2)cc1. The van der Waals surface area contributed by atoms with Gasteiger partial charge in [-0.25, -0.2) is 31.1 Å². The van der Waals surface area contributed by atoms with Gasteiger partial charge in [0.05, 0.1) is 39.6 Å². The molecule has 0 fully saturated rings. The van der Waals surface area contributed by atoms with Crippen LogP contribution < -0.4 is 19.5 Å². The van der Waals surface area contributed by atoms with E-state index in [1.54, 1.807) is 36.4 Å². The first kappa shape index (κ1) is 35.0. The van der Waals surface area contributed by atoms with Gasteiger partial charge in [-0.05, 0) is 119 Å². The molecule has 4 rings (SSSR count). The Kier molecular flexibility index (Phi) is 11.6. The van der Waals surface area contributed by atoms with Gasteiger partial charge < -0.3 is 19.5 Å². The highest BCUT2D eigenvalue weighted by molar-refractivity contribution is 7.91. The molecule has 0 radical (unpaired) electrons. The first-order valence-electron chi connectivity index (χ1n) is 14.8. The van der Waals surface area contributed by atoms with Crippen LogP contribution >= 0.6 is 0 Å². The van der Waals surface area contributed by atoms with Gasteiger partial charge in [0.15, 0.2) is 0 Å². The molecular weight excluding hydrogens is 645 g/mol. The molecule has 13 heteroatoms. The van der Waals surface area contributed by atoms with Crippen LogP contribution in [0.3, 0.4) is 0 Å². The van der Waals surface area contributed by atoms with Gasteiger partial charge >= 0.3 is 12.0 Å². The summed E-state index contributed by atoms with van der Waals surface area (Å²) in [5.74, 6) is 0.554. The number of carbonyl (C=O) groups is 2. The predicted octanol–water partition coefficient (Wildman–Crippen LogP) is 6.14. The molecule has 0 aliphatic carbocycles. The molecule has 0 aliphatic rings. The van der Waals surface area contributed by atoms with Crippen molar-refractivity contribution in [3.63, 3.8) is 0 Å². The average molecular weight is 681 g/mol. The molecular formula is C34H36N2O9S2. The zero-order valence-corrected chi connectivity index (χ0v) is 27.8. The van der Waals surface area contributed by atoms with Gasteiger partial charge in [-0.2, -0.15) is 0 Å². The molecule has 2 N–H and O–H groups in total. The molecule has 0 unspecified atom stereocenters. The molecule has 0 bridgehead atoms. The second-order valence-corrected chi connectivity index (χ2v) is 14.4. The van der Waals surface area contributed by atoms with Crippen molar-refractivity contribution in [2.45, 2.75) is 54.4 Å². The molecule has 11 nitrogen and oxygen atoms in total. The fraction of sp³-hybridized carbons (Fsp3) is 0.235. The minimum Gasteiger partial charge on any atom is -0.494 e. The molecule has 4 aromatic carbocycles. The Morgan fingerprint density at radius 1 is 0.681 bits per heavy atom. The number of carbonyl (C=O) groups excluding carboxylic acids is 2. The second kappa shape index (κ2) is 15.6. The predicted molar refractivity (Wildman–Crippen MR) is 176 cm³/mol. The lowest BCUT2D eigenvalue weighted by Gasteiger charge is -2.11. The van der Waals surface area contributed by atoms with Crippen molar-refractivity contribution in [1.82, 2.24) is 4.72 Å². The lowest BCUT2D eigenvalue weighted by molar-refractivity contribution is 0.0494. The van der Waals surface area contributed by atoms with Crippen LogP contribution in [0.25, 0.3) is 0 Å². The molecule has 0 saturated heterocycles. The summed E-state index contributed by atoms with van der Waals surface area (Å²) < 4.78 is 69.2. The third-order valence-corrected chi connectivity index (χ3v) is 9.75. The number of esters is 1. The Morgan fingerprint density at radius 2 is 1.21 bits per heavy atom. The number of nitrogens with one attached hydrogen (secondary N) is 2. The number of benzene rings is 4. The van der Waals surface area contributed by atoms with Gasteiger partial charge in [-0.15, -0.1) is 0 Å². The summed E-state index contributed by atoms with van der Waals surface area (Å²) >= 11 is 0. The molecule has 248 valence electrons. The lowest BCUT2D eigenvalue weighted by Crippen LogP contribution is -2.34. The smallest absolute Gasteiger partial charge is 0.338 e. The fourth-order valence-electron chi connectivity index (χ4n) is 4.21. The molecule has 47 heavy (non-hydrogen) atoms. The first-order chi connectivity index (χ1) is 22.3. The van der Waals surface area contributed by atoms with Crippen molar-refractivity contribution in [3.8, 4) is 11.5 Å². The number of hydrogen-bond acceptors (Lipinski definition) is 9. The number of ether oxygens (including phenoxy) is 3. The van der Waals surface area contributed by atoms with Gasteiger partial charge in [0.25, 0.3) is 10.0 Å². The summed E-state index contributed by atoms with van der Waals surface area (Å²) in [5.41, 5.74) is 1.43. The Labute approximate surface area is 274 Å². The number of urea groups is 1. The average Bonchev–Trinajstić information content (AvgIpc) is 3.03. The van der Waals surface area contributed by atoms with Gasteiger partial charge in [-0.1, -0.05) is 17.7 Å². The van der Waals surface area contributed by atoms with Crippen molar-refractivity contribution in [1.29, 1.82) is 0 Å². The van der Waals surface area contributed by atoms with E-state index in [-0.39, 0.29) is 38.6 Å². The zero-order valence-electron chi connectivity index (χ0n) is 26.1. The quantitative estimate of drug-likeness (QED) is 0.118. The molecule has 4 aromatic rings. The summed E-state index contributed by atoms with van der Waals surface area (Å²) in [7, 11) is -7.73. The summed E-state index contributed by atoms with van der Waals surface area (Å²) in [6.45, 7) is 6.09. The third-order valence-electron chi connectivity index (χ3n) is 6.62. The summed E-state index contributed by atoms with van der Waals surface area (Å²) in [4.78, 5) is 24.9. The zero-order chi connectivity index (χ0) is 34.0. The number of amides is 2. The molecule has 0 saturated carbocycles. The topological polar surface area (TPSA) is 154 Å². The van der Waals surface area contributed by atoms with E-state index in [1.165, 1.54) is 60.7 Å². The monoisotopic (exact) mass is 680 g/mol. The van der Waals surface area contributed by atoms with Crippen LogP contribution in [-0.4, -0.2) is 48.2 Å². The van der Waals surface area contributed by atoms with E-state index in [4.69, 9.17) is 14.2 Å². The fourth-order valence-corrected chi connectivity index (χ4v) is 6.38. The van der Waals surface area contributed by atoms with E-state index < -0.39 is 31.9 Å². The molecule has 0 aliphatic heterocycles. The normalized spacial score (nSPS) is 11.5. The van der Waals surface area contributed by atoms with E-state index in [0.29, 0.717) is 30.9 Å². The molecule has 0 spiro atoms. The van der Waals surface area contributed by atoms with Crippen molar-refractivity contribution in [2.75, 3.05) is 18.5 Å². The first-order valence-corrected chi connectivity index (χ1v) is 17.7. The Balaban J connectivity index is 1.16. The maximum Gasteiger partial charge on any atom is 0.338 e. The third kappa shape index (κ3) is 10.1. The lowest BCUT2D eigenvalue weighted by atomic mass is 10.2. The highest BCUT2D eigenvalue weighted by Gasteiger charge is 2.19. The molecule has 0 atom stereocenters. The van der Waals surface area contributed by atoms with E-state index >= 15 is 0 Å². The largest absolute Gasteiger partial charge is 0.494 e. The van der Waals surface area contributed by atoms with E-state index in [9.17, 15) is 26.4 Å². The van der Waals surface area contributed by atoms with Crippen molar-refractivity contribution >= 4 is 37.5 Å². The van der Waals surface area contributed by atoms with Gasteiger partial charge in [0.1, 0.15) is 11.5 Å². The minimum atomic E-state index is -4.04. The maximum atomic E-state index is 13.0. The van der Waals surface area contributed by atoms with Crippen molar-refractivity contribution < 1.29 is 40.6 Å². The second-order valence-electron chi connectivity index (χ2n) is 10.8. The van der Waals surface area contributed by atoms with E-state index in [0.717, 1.165) is 5.56 Å². The number of hydrogen-bond donors (Lipinski definition) is 2. The van der Waals surface area contributed by atoms with Crippen LogP contribution in [0.1, 0.15) is 42.6 Å². The Morgan fingerprint density at radius 3 is 1.79 bits per heavy atom. The number of aryl methyl sites for hydroxylation is 1. The van der Waals surface area contributed by atoms with Crippen LogP contribution in [0.5, 0.6) is 11.5 Å². The number of sulfonamides is 1. The van der Waals surface area contributed by atoms with Crippen LogP contribution in [0, 0.1) is 6.92 Å². The molecule has 0 heterocycles. The number of rotatable bonds is 14. The summed E-state index contributed by atoms with van der Waals surface area (Å²) in [6, 6.07) is 23.4. The van der Waals surface area contributed by atoms with Crippen LogP contribution in [0.2, 0.25) is 0 Å². The minimum absolute atomic E-state index is 0.0149. The van der Waals surface area contributed by atoms with Crippen molar-refractivity contribution in [3.05, 3.63) is 108 Å². The molecule has 2 amide bonds. The summed E-state index contributed by atoms with van der Waals surface area (Å²) in [6.07, 6.45) is 1.10. The van der Waals surface area contributed by atoms with E-state index in [2.05, 4.69) is 5.32 Å². The highest BCUT2D eigenvalue weighted by Crippen LogP contribution is 2.25. The van der Waals surface area contributed by atoms with Crippen molar-refractivity contribution in [2.24, 2.45) is 0 Å². The standard InChI is InChI=1S/C34H36N2O9S2/c1-24(2)45-29-14-20-31(21-15-29)46(39,40)30-18-12-28(13-19-30)43-22-4-5-23-44-33(37)26-8-10-27(11-9-26)35-34(38)36-47(41,42)32-16-6-25(3)7-17-32/h6-21,24H,4-5,22-23H2,1-3H3,(H2,35,36,38). The van der Waals surface area contributed by atoms with Gasteiger partial charge in [0, 0.05) is 5.69 Å². The van der Waals surface area contributed by atoms with Gasteiger partial charge in [0.2, 0.25) is 9.84 Å². The Bertz CT molecular complexity index is 1870. The van der Waals surface area contributed by atoms with E-state index in [1.807, 2.05) is 25.5 Å². The Hall–Kier alpha value is -4.88. The van der Waals surface area contributed by atoms with Crippen LogP contribution in [0.4, 0.5) is 10.5 Å². The number of sulfone groups is 1. The maximum absolute atomic E-state index is 13.0. The van der Waals surface area contributed by atoms with Crippen LogP contribution in [-0.2, 0) is 24.6 Å². The highest BCUT2D eigenvalue weighted by atomic mass is 32.2. The van der Waals surface area contributed by atoms with Gasteiger partial charge in [-0.3, -0.25) is 0 Å². The van der Waals surface area contributed by atoms with Crippen LogP contribution in [0.15, 0.2) is 112 Å². The summed E-state index contributed by atoms with van der Waals surface area (Å²) in [5, 5.41) is 2.42. The number of unbranched alkanes of at least 4 members (excludes halogenated alkanes) is 1. The molecule has 0 aromatic heterocycles.